The van der Waals surface area contributed by atoms with Gasteiger partial charge in [-0.15, -0.1) is 0 Å². The van der Waals surface area contributed by atoms with E-state index in [2.05, 4.69) is 11.4 Å². The Morgan fingerprint density at radius 2 is 2.20 bits per heavy atom. The van der Waals surface area contributed by atoms with Crippen LogP contribution in [-0.4, -0.2) is 18.8 Å². The van der Waals surface area contributed by atoms with Crippen LogP contribution in [0.3, 0.4) is 0 Å². The summed E-state index contributed by atoms with van der Waals surface area (Å²) >= 11 is 0. The Kier molecular flexibility index (Phi) is 4.64. The number of nitrogens with one attached hydrogen (secondary N) is 1. The predicted molar refractivity (Wildman–Crippen MR) is 54.7 cm³/mol. The van der Waals surface area contributed by atoms with Gasteiger partial charge in [0.25, 0.3) is 0 Å². The summed E-state index contributed by atoms with van der Waals surface area (Å²) in [6.07, 6.45) is 1.75. The van der Waals surface area contributed by atoms with Gasteiger partial charge in [-0.1, -0.05) is 11.6 Å². The fraction of sp³-hybridized carbons (Fsp3) is 0.818. The van der Waals surface area contributed by atoms with Crippen LogP contribution in [0.15, 0.2) is 11.6 Å². The molecule has 1 aliphatic rings. The highest BCUT2D eigenvalue weighted by atomic mass is 19.4. The van der Waals surface area contributed by atoms with Crippen molar-refractivity contribution >= 4 is 0 Å². The molecule has 1 unspecified atom stereocenters. The van der Waals surface area contributed by atoms with E-state index >= 15 is 0 Å². The Bertz CT molecular complexity index is 220. The third-order valence-electron chi connectivity index (χ3n) is 2.61. The molecular formula is C11H18F3N. The van der Waals surface area contributed by atoms with Gasteiger partial charge in [0.1, 0.15) is 0 Å². The van der Waals surface area contributed by atoms with Crippen molar-refractivity contribution in [3.8, 4) is 0 Å². The lowest BCUT2D eigenvalue weighted by Gasteiger charge is -2.15. The normalized spacial score (nSPS) is 19.1. The van der Waals surface area contributed by atoms with Crippen LogP contribution in [0.25, 0.3) is 0 Å². The first-order chi connectivity index (χ1) is 6.97. The molecule has 0 radical (unpaired) electrons. The molecular weight excluding hydrogens is 203 g/mol. The lowest BCUT2D eigenvalue weighted by atomic mass is 10.1. The maximum absolute atomic E-state index is 12.0. The minimum atomic E-state index is -4.06. The minimum Gasteiger partial charge on any atom is -0.314 e. The Hall–Kier alpha value is -0.510. The average molecular weight is 221 g/mol. The molecule has 0 spiro atoms. The highest BCUT2D eigenvalue weighted by Gasteiger charge is 2.29. The Balaban J connectivity index is 2.09. The van der Waals surface area contributed by atoms with E-state index in [1.54, 1.807) is 6.92 Å². The fourth-order valence-corrected chi connectivity index (χ4v) is 1.86. The quantitative estimate of drug-likeness (QED) is 0.701. The summed E-state index contributed by atoms with van der Waals surface area (Å²) in [4.78, 5) is 0. The van der Waals surface area contributed by atoms with Gasteiger partial charge in [0, 0.05) is 6.04 Å². The van der Waals surface area contributed by atoms with Crippen molar-refractivity contribution < 1.29 is 13.2 Å². The van der Waals surface area contributed by atoms with E-state index in [9.17, 15) is 13.2 Å². The summed E-state index contributed by atoms with van der Waals surface area (Å²) < 4.78 is 35.9. The predicted octanol–water partition coefficient (Wildman–Crippen LogP) is 3.42. The van der Waals surface area contributed by atoms with Gasteiger partial charge in [-0.25, -0.2) is 0 Å². The summed E-state index contributed by atoms with van der Waals surface area (Å²) in [5.74, 6) is 0. The van der Waals surface area contributed by atoms with Crippen molar-refractivity contribution in [1.29, 1.82) is 0 Å². The molecule has 88 valence electrons. The maximum Gasteiger partial charge on any atom is 0.390 e. The third-order valence-corrected chi connectivity index (χ3v) is 2.61. The minimum absolute atomic E-state index is 0.480. The van der Waals surface area contributed by atoms with E-state index in [-0.39, 0.29) is 0 Å². The van der Waals surface area contributed by atoms with Gasteiger partial charge >= 0.3 is 6.18 Å². The van der Waals surface area contributed by atoms with Crippen molar-refractivity contribution in [2.75, 3.05) is 6.54 Å². The van der Waals surface area contributed by atoms with Crippen LogP contribution in [-0.2, 0) is 0 Å². The zero-order chi connectivity index (χ0) is 11.3. The first-order valence-electron chi connectivity index (χ1n) is 5.45. The van der Waals surface area contributed by atoms with Crippen LogP contribution in [0, 0.1) is 0 Å². The molecule has 1 N–H and O–H groups in total. The van der Waals surface area contributed by atoms with Crippen molar-refractivity contribution in [2.45, 2.75) is 51.2 Å². The largest absolute Gasteiger partial charge is 0.390 e. The second-order valence-electron chi connectivity index (χ2n) is 4.18. The zero-order valence-corrected chi connectivity index (χ0v) is 9.03. The van der Waals surface area contributed by atoms with Crippen LogP contribution in [0.4, 0.5) is 13.2 Å². The summed E-state index contributed by atoms with van der Waals surface area (Å²) in [5.41, 5.74) is 1.39. The first-order valence-corrected chi connectivity index (χ1v) is 5.45. The van der Waals surface area contributed by atoms with Gasteiger partial charge in [-0.3, -0.25) is 0 Å². The molecule has 0 heterocycles. The van der Waals surface area contributed by atoms with E-state index in [4.69, 9.17) is 0 Å². The Labute approximate surface area is 88.7 Å². The third kappa shape index (κ3) is 5.82. The summed E-state index contributed by atoms with van der Waals surface area (Å²) in [5, 5.41) is 2.91. The lowest BCUT2D eigenvalue weighted by molar-refractivity contribution is -0.138. The van der Waals surface area contributed by atoms with Crippen LogP contribution in [0.2, 0.25) is 0 Å². The monoisotopic (exact) mass is 221 g/mol. The van der Waals surface area contributed by atoms with Crippen LogP contribution >= 0.6 is 0 Å². The zero-order valence-electron chi connectivity index (χ0n) is 9.03. The van der Waals surface area contributed by atoms with E-state index in [1.165, 1.54) is 12.0 Å². The molecule has 4 heteroatoms. The van der Waals surface area contributed by atoms with Crippen LogP contribution in [0.1, 0.15) is 39.0 Å². The van der Waals surface area contributed by atoms with E-state index in [0.717, 1.165) is 19.3 Å². The molecule has 0 saturated carbocycles. The Morgan fingerprint density at radius 3 is 2.73 bits per heavy atom. The highest BCUT2D eigenvalue weighted by Crippen LogP contribution is 2.22. The molecule has 0 aromatic heterocycles. The molecule has 1 atom stereocenters. The molecule has 0 aliphatic heterocycles. The number of alkyl halides is 3. The van der Waals surface area contributed by atoms with E-state index in [0.29, 0.717) is 6.54 Å². The molecule has 0 amide bonds. The summed E-state index contributed by atoms with van der Waals surface area (Å²) in [6.45, 7) is 2.24. The average Bonchev–Trinajstić information content (AvgIpc) is 2.53. The van der Waals surface area contributed by atoms with Gasteiger partial charge in [0.2, 0.25) is 0 Å². The molecule has 0 aromatic carbocycles. The fourth-order valence-electron chi connectivity index (χ4n) is 1.86. The van der Waals surface area contributed by atoms with Gasteiger partial charge in [-0.2, -0.15) is 13.2 Å². The summed E-state index contributed by atoms with van der Waals surface area (Å²) in [7, 11) is 0. The van der Waals surface area contributed by atoms with Crippen LogP contribution in [0.5, 0.6) is 0 Å². The molecule has 0 saturated heterocycles. The first kappa shape index (κ1) is 12.6. The van der Waals surface area contributed by atoms with Gasteiger partial charge in [0.15, 0.2) is 0 Å². The molecule has 15 heavy (non-hydrogen) atoms. The molecule has 1 nitrogen and oxygen atoms in total. The van der Waals surface area contributed by atoms with Gasteiger partial charge in [0.05, 0.1) is 6.42 Å². The lowest BCUT2D eigenvalue weighted by Crippen LogP contribution is -2.31. The van der Waals surface area contributed by atoms with E-state index < -0.39 is 18.6 Å². The number of halogens is 3. The number of allylic oxidation sites excluding steroid dienone is 1. The second kappa shape index (κ2) is 5.54. The summed E-state index contributed by atoms with van der Waals surface area (Å²) in [6, 6.07) is -0.480. The standard InChI is InChI=1S/C11H18F3N/c1-9(8-11(12,13)14)15-7-6-10-4-2-3-5-10/h4,9,15H,2-3,5-8H2,1H3. The SMILES string of the molecule is CC(CC(F)(F)F)NCCC1=CCCC1. The second-order valence-corrected chi connectivity index (χ2v) is 4.18. The smallest absolute Gasteiger partial charge is 0.314 e. The molecule has 0 fully saturated rings. The molecule has 1 rings (SSSR count). The van der Waals surface area contributed by atoms with Crippen LogP contribution < -0.4 is 5.32 Å². The van der Waals surface area contributed by atoms with Crippen molar-refractivity contribution in [1.82, 2.24) is 5.32 Å². The number of hydrogen-bond donors (Lipinski definition) is 1. The molecule has 0 bridgehead atoms. The van der Waals surface area contributed by atoms with Crippen molar-refractivity contribution in [3.05, 3.63) is 11.6 Å². The topological polar surface area (TPSA) is 12.0 Å². The highest BCUT2D eigenvalue weighted by molar-refractivity contribution is 5.07. The van der Waals surface area contributed by atoms with E-state index in [1.807, 2.05) is 0 Å². The Morgan fingerprint density at radius 1 is 1.47 bits per heavy atom. The maximum atomic E-state index is 12.0. The van der Waals surface area contributed by atoms with Gasteiger partial charge in [-0.05, 0) is 39.2 Å². The molecule has 0 aromatic rings. The number of hydrogen-bond acceptors (Lipinski definition) is 1. The number of rotatable bonds is 5. The van der Waals surface area contributed by atoms with Crippen molar-refractivity contribution in [3.63, 3.8) is 0 Å². The molecule has 1 aliphatic carbocycles. The van der Waals surface area contributed by atoms with Crippen molar-refractivity contribution in [2.24, 2.45) is 0 Å². The van der Waals surface area contributed by atoms with Gasteiger partial charge < -0.3 is 5.32 Å².